The second kappa shape index (κ2) is 5.17. The minimum Gasteiger partial charge on any atom is -0.328 e. The van der Waals surface area contributed by atoms with Crippen molar-refractivity contribution in [1.82, 2.24) is 5.32 Å². The van der Waals surface area contributed by atoms with Gasteiger partial charge in [-0.05, 0) is 37.0 Å². The Hall–Kier alpha value is -0.570. The van der Waals surface area contributed by atoms with Crippen LogP contribution in [-0.2, 0) is 0 Å². The molecule has 3 heteroatoms. The topological polar surface area (TPSA) is 38.0 Å². The van der Waals surface area contributed by atoms with Crippen molar-refractivity contribution in [2.24, 2.45) is 5.73 Å². The smallest absolute Gasteiger partial charge is 0.0406 e. The zero-order valence-electron chi connectivity index (χ0n) is 9.62. The van der Waals surface area contributed by atoms with Crippen LogP contribution in [0.3, 0.4) is 0 Å². The van der Waals surface area contributed by atoms with Gasteiger partial charge in [0.05, 0.1) is 0 Å². The molecule has 0 aromatic heterocycles. The molecular weight excluding hydrogens is 220 g/mol. The Morgan fingerprint density at radius 2 is 2.00 bits per heavy atom. The van der Waals surface area contributed by atoms with Gasteiger partial charge < -0.3 is 11.1 Å². The molecule has 1 fully saturated rings. The van der Waals surface area contributed by atoms with Crippen molar-refractivity contribution < 1.29 is 0 Å². The van der Waals surface area contributed by atoms with Gasteiger partial charge in [-0.15, -0.1) is 0 Å². The van der Waals surface area contributed by atoms with Gasteiger partial charge in [0.2, 0.25) is 0 Å². The van der Waals surface area contributed by atoms with Crippen LogP contribution in [0.4, 0.5) is 0 Å². The highest BCUT2D eigenvalue weighted by molar-refractivity contribution is 6.30. The average Bonchev–Trinajstić information content (AvgIpc) is 2.24. The lowest BCUT2D eigenvalue weighted by atomic mass is 9.86. The Labute approximate surface area is 102 Å². The molecule has 0 saturated heterocycles. The SMILES string of the molecule is CCC(NC1CC(N)C1)c1ccc(Cl)cc1. The quantitative estimate of drug-likeness (QED) is 0.847. The fourth-order valence-electron chi connectivity index (χ4n) is 2.23. The average molecular weight is 239 g/mol. The lowest BCUT2D eigenvalue weighted by Gasteiger charge is -2.36. The lowest BCUT2D eigenvalue weighted by Crippen LogP contribution is -2.49. The molecular formula is C13H19ClN2. The molecule has 1 aliphatic rings. The summed E-state index contributed by atoms with van der Waals surface area (Å²) in [5, 5.41) is 4.44. The van der Waals surface area contributed by atoms with E-state index in [1.165, 1.54) is 5.56 Å². The van der Waals surface area contributed by atoms with Crippen molar-refractivity contribution >= 4 is 11.6 Å². The molecule has 0 bridgehead atoms. The number of rotatable bonds is 4. The van der Waals surface area contributed by atoms with E-state index in [9.17, 15) is 0 Å². The molecule has 1 atom stereocenters. The number of nitrogens with two attached hydrogens (primary N) is 1. The molecule has 0 radical (unpaired) electrons. The van der Waals surface area contributed by atoms with Crippen molar-refractivity contribution in [2.75, 3.05) is 0 Å². The molecule has 2 rings (SSSR count). The largest absolute Gasteiger partial charge is 0.328 e. The van der Waals surface area contributed by atoms with Gasteiger partial charge in [0.15, 0.2) is 0 Å². The molecule has 1 saturated carbocycles. The Balaban J connectivity index is 1.96. The molecule has 1 aromatic rings. The molecule has 0 spiro atoms. The summed E-state index contributed by atoms with van der Waals surface area (Å²) >= 11 is 5.89. The van der Waals surface area contributed by atoms with E-state index in [2.05, 4.69) is 24.4 Å². The van der Waals surface area contributed by atoms with Gasteiger partial charge >= 0.3 is 0 Å². The van der Waals surface area contributed by atoms with Crippen molar-refractivity contribution in [3.8, 4) is 0 Å². The van der Waals surface area contributed by atoms with Gasteiger partial charge in [0, 0.05) is 23.1 Å². The van der Waals surface area contributed by atoms with Crippen LogP contribution in [0, 0.1) is 0 Å². The maximum Gasteiger partial charge on any atom is 0.0406 e. The summed E-state index contributed by atoms with van der Waals surface area (Å²) in [7, 11) is 0. The molecule has 16 heavy (non-hydrogen) atoms. The Morgan fingerprint density at radius 3 is 2.50 bits per heavy atom. The first-order valence-electron chi connectivity index (χ1n) is 5.96. The maximum absolute atomic E-state index is 5.89. The van der Waals surface area contributed by atoms with Gasteiger partial charge in [-0.1, -0.05) is 30.7 Å². The minimum atomic E-state index is 0.403. The van der Waals surface area contributed by atoms with E-state index in [1.54, 1.807) is 0 Å². The molecule has 1 aliphatic carbocycles. The summed E-state index contributed by atoms with van der Waals surface area (Å²) in [5.74, 6) is 0. The summed E-state index contributed by atoms with van der Waals surface area (Å²) in [6.45, 7) is 2.20. The van der Waals surface area contributed by atoms with E-state index >= 15 is 0 Å². The van der Waals surface area contributed by atoms with Gasteiger partial charge in [-0.25, -0.2) is 0 Å². The van der Waals surface area contributed by atoms with Gasteiger partial charge in [0.25, 0.3) is 0 Å². The molecule has 0 heterocycles. The van der Waals surface area contributed by atoms with Crippen LogP contribution in [0.15, 0.2) is 24.3 Å². The first-order chi connectivity index (χ1) is 7.69. The molecule has 0 amide bonds. The molecule has 3 N–H and O–H groups in total. The number of benzene rings is 1. The van der Waals surface area contributed by atoms with E-state index in [1.807, 2.05) is 12.1 Å². The fraction of sp³-hybridized carbons (Fsp3) is 0.538. The van der Waals surface area contributed by atoms with Crippen molar-refractivity contribution in [3.05, 3.63) is 34.9 Å². The first kappa shape index (κ1) is 11.9. The summed E-state index contributed by atoms with van der Waals surface area (Å²) in [5.41, 5.74) is 7.10. The highest BCUT2D eigenvalue weighted by Crippen LogP contribution is 2.25. The van der Waals surface area contributed by atoms with Gasteiger partial charge in [-0.2, -0.15) is 0 Å². The van der Waals surface area contributed by atoms with Crippen molar-refractivity contribution in [2.45, 2.75) is 44.3 Å². The van der Waals surface area contributed by atoms with Crippen LogP contribution in [0.25, 0.3) is 0 Å². The predicted octanol–water partition coefficient (Wildman–Crippen LogP) is 2.87. The summed E-state index contributed by atoms with van der Waals surface area (Å²) in [6.07, 6.45) is 3.29. The minimum absolute atomic E-state index is 0.403. The van der Waals surface area contributed by atoms with Crippen molar-refractivity contribution in [3.63, 3.8) is 0 Å². The summed E-state index contributed by atoms with van der Waals surface area (Å²) in [6, 6.07) is 9.52. The third kappa shape index (κ3) is 2.76. The zero-order valence-corrected chi connectivity index (χ0v) is 10.4. The van der Waals surface area contributed by atoms with Gasteiger partial charge in [0.1, 0.15) is 0 Å². The van der Waals surface area contributed by atoms with E-state index in [0.717, 1.165) is 24.3 Å². The standard InChI is InChI=1S/C13H19ClN2/c1-2-13(16-12-7-11(15)8-12)9-3-5-10(14)6-4-9/h3-6,11-13,16H,2,7-8,15H2,1H3. The molecule has 1 unspecified atom stereocenters. The highest BCUT2D eigenvalue weighted by atomic mass is 35.5. The highest BCUT2D eigenvalue weighted by Gasteiger charge is 2.27. The van der Waals surface area contributed by atoms with Crippen LogP contribution < -0.4 is 11.1 Å². The number of halogens is 1. The summed E-state index contributed by atoms with van der Waals surface area (Å²) < 4.78 is 0. The molecule has 2 nitrogen and oxygen atoms in total. The van der Waals surface area contributed by atoms with Crippen LogP contribution in [0.2, 0.25) is 5.02 Å². The van der Waals surface area contributed by atoms with E-state index < -0.39 is 0 Å². The number of hydrogen-bond donors (Lipinski definition) is 2. The molecule has 0 aliphatic heterocycles. The summed E-state index contributed by atoms with van der Waals surface area (Å²) in [4.78, 5) is 0. The normalized spacial score (nSPS) is 26.2. The van der Waals surface area contributed by atoms with Crippen LogP contribution in [0.5, 0.6) is 0 Å². The number of nitrogens with one attached hydrogen (secondary N) is 1. The second-order valence-electron chi connectivity index (χ2n) is 4.61. The van der Waals surface area contributed by atoms with Crippen LogP contribution in [0.1, 0.15) is 37.8 Å². The Kier molecular flexibility index (Phi) is 3.85. The third-order valence-electron chi connectivity index (χ3n) is 3.29. The fourth-order valence-corrected chi connectivity index (χ4v) is 2.35. The predicted molar refractivity (Wildman–Crippen MR) is 68.6 cm³/mol. The third-order valence-corrected chi connectivity index (χ3v) is 3.54. The van der Waals surface area contributed by atoms with Gasteiger partial charge in [-0.3, -0.25) is 0 Å². The molecule has 1 aromatic carbocycles. The maximum atomic E-state index is 5.89. The van der Waals surface area contributed by atoms with E-state index in [4.69, 9.17) is 17.3 Å². The monoisotopic (exact) mass is 238 g/mol. The van der Waals surface area contributed by atoms with E-state index in [0.29, 0.717) is 18.1 Å². The first-order valence-corrected chi connectivity index (χ1v) is 6.34. The number of hydrogen-bond acceptors (Lipinski definition) is 2. The Morgan fingerprint density at radius 1 is 1.38 bits per heavy atom. The van der Waals surface area contributed by atoms with Crippen LogP contribution >= 0.6 is 11.6 Å². The second-order valence-corrected chi connectivity index (χ2v) is 5.04. The van der Waals surface area contributed by atoms with E-state index in [-0.39, 0.29) is 0 Å². The molecule has 88 valence electrons. The van der Waals surface area contributed by atoms with Crippen molar-refractivity contribution in [1.29, 1.82) is 0 Å². The lowest BCUT2D eigenvalue weighted by molar-refractivity contribution is 0.264. The van der Waals surface area contributed by atoms with Crippen LogP contribution in [-0.4, -0.2) is 12.1 Å². The zero-order chi connectivity index (χ0) is 11.5. The Bertz CT molecular complexity index is 330.